The van der Waals surface area contributed by atoms with Crippen LogP contribution in [0, 0.1) is 5.92 Å². The fourth-order valence-corrected chi connectivity index (χ4v) is 2.81. The molecule has 0 bridgehead atoms. The maximum Gasteiger partial charge on any atom is 0.241 e. The van der Waals surface area contributed by atoms with Crippen LogP contribution >= 0.6 is 0 Å². The molecule has 1 heterocycles. The van der Waals surface area contributed by atoms with E-state index in [-0.39, 0.29) is 11.9 Å². The van der Waals surface area contributed by atoms with Gasteiger partial charge in [-0.05, 0) is 62.9 Å². The SMILES string of the molecule is CC1CCCN(C(C)C(=O)Nc2ccc(CN)cc2)CC1. The number of rotatable bonds is 4. The lowest BCUT2D eigenvalue weighted by Gasteiger charge is -2.26. The number of carbonyl (C=O) groups is 1. The van der Waals surface area contributed by atoms with Gasteiger partial charge in [0.05, 0.1) is 6.04 Å². The van der Waals surface area contributed by atoms with Gasteiger partial charge in [-0.15, -0.1) is 0 Å². The van der Waals surface area contributed by atoms with Crippen LogP contribution in [0.1, 0.15) is 38.7 Å². The molecule has 4 heteroatoms. The molecule has 0 radical (unpaired) electrons. The number of nitrogens with zero attached hydrogens (tertiary/aromatic N) is 1. The molecule has 0 aromatic heterocycles. The molecule has 1 aromatic carbocycles. The predicted octanol–water partition coefficient (Wildman–Crippen LogP) is 2.59. The average Bonchev–Trinajstić information content (AvgIpc) is 2.72. The van der Waals surface area contributed by atoms with Crippen molar-refractivity contribution >= 4 is 11.6 Å². The van der Waals surface area contributed by atoms with E-state index in [1.165, 1.54) is 19.3 Å². The molecular formula is C17H27N3O. The second-order valence-corrected chi connectivity index (χ2v) is 6.14. The molecule has 0 spiro atoms. The standard InChI is InChI=1S/C17H27N3O/c1-13-4-3-10-20(11-9-13)14(2)17(21)19-16-7-5-15(12-18)6-8-16/h5-8,13-14H,3-4,9-12,18H2,1-2H3,(H,19,21). The van der Waals surface area contributed by atoms with Gasteiger partial charge in [-0.1, -0.05) is 19.1 Å². The average molecular weight is 289 g/mol. The van der Waals surface area contributed by atoms with E-state index in [2.05, 4.69) is 17.1 Å². The van der Waals surface area contributed by atoms with Gasteiger partial charge in [0.15, 0.2) is 0 Å². The molecule has 1 aliphatic rings. The lowest BCUT2D eigenvalue weighted by molar-refractivity contribution is -0.120. The van der Waals surface area contributed by atoms with Gasteiger partial charge >= 0.3 is 0 Å². The zero-order valence-corrected chi connectivity index (χ0v) is 13.1. The van der Waals surface area contributed by atoms with Crippen LogP contribution in [0.25, 0.3) is 0 Å². The molecule has 1 aliphatic heterocycles. The third kappa shape index (κ3) is 4.55. The normalized spacial score (nSPS) is 21.6. The molecule has 0 saturated carbocycles. The van der Waals surface area contributed by atoms with Gasteiger partial charge in [0.25, 0.3) is 0 Å². The molecule has 1 saturated heterocycles. The third-order valence-corrected chi connectivity index (χ3v) is 4.44. The van der Waals surface area contributed by atoms with Crippen molar-refractivity contribution in [3.63, 3.8) is 0 Å². The molecule has 1 amide bonds. The van der Waals surface area contributed by atoms with Crippen molar-refractivity contribution in [2.75, 3.05) is 18.4 Å². The van der Waals surface area contributed by atoms with Crippen LogP contribution in [0.15, 0.2) is 24.3 Å². The smallest absolute Gasteiger partial charge is 0.241 e. The maximum absolute atomic E-state index is 12.4. The maximum atomic E-state index is 12.4. The summed E-state index contributed by atoms with van der Waals surface area (Å²) in [6.45, 7) is 6.86. The van der Waals surface area contributed by atoms with Crippen molar-refractivity contribution in [3.05, 3.63) is 29.8 Å². The fraction of sp³-hybridized carbons (Fsp3) is 0.588. The second kappa shape index (κ2) is 7.57. The number of hydrogen-bond donors (Lipinski definition) is 2. The molecular weight excluding hydrogens is 262 g/mol. The molecule has 2 unspecified atom stereocenters. The monoisotopic (exact) mass is 289 g/mol. The van der Waals surface area contributed by atoms with E-state index in [1.807, 2.05) is 31.2 Å². The Balaban J connectivity index is 1.91. The topological polar surface area (TPSA) is 58.4 Å². The molecule has 1 aromatic rings. The summed E-state index contributed by atoms with van der Waals surface area (Å²) >= 11 is 0. The van der Waals surface area contributed by atoms with Gasteiger partial charge in [0, 0.05) is 12.2 Å². The van der Waals surface area contributed by atoms with Crippen LogP contribution in [-0.2, 0) is 11.3 Å². The first kappa shape index (κ1) is 16.0. The van der Waals surface area contributed by atoms with E-state index in [0.717, 1.165) is 30.3 Å². The molecule has 4 nitrogen and oxygen atoms in total. The minimum atomic E-state index is -0.0792. The van der Waals surface area contributed by atoms with E-state index in [4.69, 9.17) is 5.73 Å². The minimum Gasteiger partial charge on any atom is -0.326 e. The summed E-state index contributed by atoms with van der Waals surface area (Å²) in [7, 11) is 0. The van der Waals surface area contributed by atoms with E-state index in [0.29, 0.717) is 6.54 Å². The van der Waals surface area contributed by atoms with E-state index < -0.39 is 0 Å². The van der Waals surface area contributed by atoms with Gasteiger partial charge in [0.2, 0.25) is 5.91 Å². The first-order valence-corrected chi connectivity index (χ1v) is 7.94. The predicted molar refractivity (Wildman–Crippen MR) is 87.0 cm³/mol. The zero-order valence-electron chi connectivity index (χ0n) is 13.1. The summed E-state index contributed by atoms with van der Waals surface area (Å²) in [5.41, 5.74) is 7.49. The molecule has 0 aliphatic carbocycles. The Bertz CT molecular complexity index is 458. The summed E-state index contributed by atoms with van der Waals surface area (Å²) in [5.74, 6) is 0.846. The van der Waals surface area contributed by atoms with Gasteiger partial charge in [-0.3, -0.25) is 9.69 Å². The highest BCUT2D eigenvalue weighted by atomic mass is 16.2. The lowest BCUT2D eigenvalue weighted by Crippen LogP contribution is -2.42. The Morgan fingerprint density at radius 2 is 2.05 bits per heavy atom. The van der Waals surface area contributed by atoms with Crippen molar-refractivity contribution in [2.24, 2.45) is 11.7 Å². The molecule has 2 atom stereocenters. The van der Waals surface area contributed by atoms with Gasteiger partial charge in [-0.25, -0.2) is 0 Å². The van der Waals surface area contributed by atoms with Crippen LogP contribution < -0.4 is 11.1 Å². The first-order chi connectivity index (χ1) is 10.1. The van der Waals surface area contributed by atoms with Gasteiger partial charge in [-0.2, -0.15) is 0 Å². The molecule has 1 fully saturated rings. The Morgan fingerprint density at radius 3 is 2.71 bits per heavy atom. The summed E-state index contributed by atoms with van der Waals surface area (Å²) in [5, 5.41) is 3.00. The van der Waals surface area contributed by atoms with Crippen LogP contribution in [0.3, 0.4) is 0 Å². The minimum absolute atomic E-state index is 0.0741. The number of hydrogen-bond acceptors (Lipinski definition) is 3. The zero-order chi connectivity index (χ0) is 15.2. The number of likely N-dealkylation sites (tertiary alicyclic amines) is 1. The Hall–Kier alpha value is -1.39. The Morgan fingerprint density at radius 1 is 1.33 bits per heavy atom. The highest BCUT2D eigenvalue weighted by Crippen LogP contribution is 2.19. The third-order valence-electron chi connectivity index (χ3n) is 4.44. The highest BCUT2D eigenvalue weighted by Gasteiger charge is 2.23. The summed E-state index contributed by atoms with van der Waals surface area (Å²) in [6.07, 6.45) is 3.64. The van der Waals surface area contributed by atoms with Crippen molar-refractivity contribution in [2.45, 2.75) is 45.7 Å². The second-order valence-electron chi connectivity index (χ2n) is 6.14. The molecule has 3 N–H and O–H groups in total. The molecule has 2 rings (SSSR count). The fourth-order valence-electron chi connectivity index (χ4n) is 2.81. The number of nitrogens with two attached hydrogens (primary N) is 1. The summed E-state index contributed by atoms with van der Waals surface area (Å²) < 4.78 is 0. The lowest BCUT2D eigenvalue weighted by atomic mass is 10.0. The first-order valence-electron chi connectivity index (χ1n) is 7.94. The summed E-state index contributed by atoms with van der Waals surface area (Å²) in [6, 6.07) is 7.65. The van der Waals surface area contributed by atoms with E-state index in [1.54, 1.807) is 0 Å². The van der Waals surface area contributed by atoms with Crippen molar-refractivity contribution < 1.29 is 4.79 Å². The van der Waals surface area contributed by atoms with E-state index in [9.17, 15) is 4.79 Å². The van der Waals surface area contributed by atoms with Crippen LogP contribution in [-0.4, -0.2) is 29.9 Å². The Kier molecular flexibility index (Phi) is 5.76. The number of nitrogens with one attached hydrogen (secondary N) is 1. The largest absolute Gasteiger partial charge is 0.326 e. The number of amides is 1. The van der Waals surface area contributed by atoms with Crippen molar-refractivity contribution in [1.82, 2.24) is 4.90 Å². The van der Waals surface area contributed by atoms with Gasteiger partial charge in [0.1, 0.15) is 0 Å². The van der Waals surface area contributed by atoms with Gasteiger partial charge < -0.3 is 11.1 Å². The number of benzene rings is 1. The molecule has 116 valence electrons. The molecule has 21 heavy (non-hydrogen) atoms. The number of carbonyl (C=O) groups excluding carboxylic acids is 1. The number of anilines is 1. The quantitative estimate of drug-likeness (QED) is 0.895. The highest BCUT2D eigenvalue weighted by molar-refractivity contribution is 5.94. The van der Waals surface area contributed by atoms with Crippen LogP contribution in [0.4, 0.5) is 5.69 Å². The van der Waals surface area contributed by atoms with E-state index >= 15 is 0 Å². The Labute approximate surface area is 127 Å². The van der Waals surface area contributed by atoms with Crippen molar-refractivity contribution in [3.8, 4) is 0 Å². The van der Waals surface area contributed by atoms with Crippen LogP contribution in [0.5, 0.6) is 0 Å². The van der Waals surface area contributed by atoms with Crippen molar-refractivity contribution in [1.29, 1.82) is 0 Å². The van der Waals surface area contributed by atoms with Crippen LogP contribution in [0.2, 0.25) is 0 Å². The summed E-state index contributed by atoms with van der Waals surface area (Å²) in [4.78, 5) is 14.7.